The van der Waals surface area contributed by atoms with E-state index < -0.39 is 10.7 Å². The van der Waals surface area contributed by atoms with Crippen LogP contribution in [0.3, 0.4) is 0 Å². The smallest absolute Gasteiger partial charge is 0.252 e. The number of piperidine rings is 2. The molecular formula is C25H28BrClN2O3. The summed E-state index contributed by atoms with van der Waals surface area (Å²) in [6.07, 6.45) is 2.44. The zero-order valence-electron chi connectivity index (χ0n) is 17.1. The number of halogens is 2. The number of imide groups is 1. The molecule has 2 aliphatic heterocycles. The van der Waals surface area contributed by atoms with E-state index >= 15 is 0 Å². The molecule has 5 nitrogen and oxygen atoms in total. The third kappa shape index (κ3) is 4.98. The number of likely N-dealkylation sites (tertiary alicyclic amines) is 1. The molecule has 0 radical (unpaired) electrons. The summed E-state index contributed by atoms with van der Waals surface area (Å²) < 4.78 is 1.06. The number of benzene rings is 2. The van der Waals surface area contributed by atoms with Gasteiger partial charge in [0.2, 0.25) is 11.8 Å². The third-order valence-corrected chi connectivity index (χ3v) is 7.36. The number of carbonyl (C=O) groups excluding carboxylic acids is 3. The Hall–Kier alpha value is -2.02. The van der Waals surface area contributed by atoms with E-state index in [1.807, 2.05) is 18.2 Å². The zero-order valence-corrected chi connectivity index (χ0v) is 19.4. The molecule has 1 N–H and O–H groups in total. The minimum Gasteiger partial charge on any atom is -0.299 e. The van der Waals surface area contributed by atoms with Crippen molar-refractivity contribution in [2.24, 2.45) is 5.92 Å². The summed E-state index contributed by atoms with van der Waals surface area (Å²) in [5.41, 5.74) is 1.58. The average molecular weight is 520 g/mol. The van der Waals surface area contributed by atoms with Crippen molar-refractivity contribution >= 4 is 44.6 Å². The van der Waals surface area contributed by atoms with Gasteiger partial charge in [-0.05, 0) is 79.2 Å². The number of carbonyl (C=O) groups is 3. The van der Waals surface area contributed by atoms with Crippen molar-refractivity contribution in [2.75, 3.05) is 13.1 Å². The molecule has 2 amide bonds. The van der Waals surface area contributed by atoms with Crippen LogP contribution in [0.4, 0.5) is 0 Å². The number of nitrogens with zero attached hydrogens (tertiary/aromatic N) is 1. The molecule has 170 valence electrons. The molecule has 0 aliphatic carbocycles. The summed E-state index contributed by atoms with van der Waals surface area (Å²) in [6, 6.07) is 15.3. The number of nitrogens with one attached hydrogen (secondary N) is 1. The summed E-state index contributed by atoms with van der Waals surface area (Å²) in [5, 5.41) is 2.01. The van der Waals surface area contributed by atoms with E-state index in [4.69, 9.17) is 11.6 Å². The molecule has 7 heteroatoms. The Morgan fingerprint density at radius 1 is 1.12 bits per heavy atom. The molecule has 0 spiro atoms. The van der Waals surface area contributed by atoms with Gasteiger partial charge in [0.1, 0.15) is 0 Å². The van der Waals surface area contributed by atoms with E-state index in [-0.39, 0.29) is 25.2 Å². The van der Waals surface area contributed by atoms with Crippen LogP contribution in [0.1, 0.15) is 54.6 Å². The molecule has 2 aromatic rings. The van der Waals surface area contributed by atoms with Crippen LogP contribution in [0.5, 0.6) is 0 Å². The van der Waals surface area contributed by atoms with Gasteiger partial charge in [0.15, 0.2) is 0 Å². The van der Waals surface area contributed by atoms with Crippen LogP contribution in [0, 0.1) is 5.92 Å². The van der Waals surface area contributed by atoms with Gasteiger partial charge in [0, 0.05) is 23.0 Å². The lowest BCUT2D eigenvalue weighted by Crippen LogP contribution is -2.57. The Balaban J connectivity index is 0.00000289. The lowest BCUT2D eigenvalue weighted by atomic mass is 9.62. The van der Waals surface area contributed by atoms with Crippen molar-refractivity contribution in [1.82, 2.24) is 10.2 Å². The molecule has 0 saturated carbocycles. The van der Waals surface area contributed by atoms with Gasteiger partial charge in [-0.3, -0.25) is 24.6 Å². The zero-order chi connectivity index (χ0) is 22.0. The molecular weight excluding hydrogens is 492 g/mol. The van der Waals surface area contributed by atoms with Crippen molar-refractivity contribution < 1.29 is 14.4 Å². The molecule has 2 heterocycles. The average Bonchev–Trinajstić information content (AvgIpc) is 2.76. The van der Waals surface area contributed by atoms with Crippen molar-refractivity contribution in [3.05, 3.63) is 69.7 Å². The minimum absolute atomic E-state index is 0. The first kappa shape index (κ1) is 24.6. The van der Waals surface area contributed by atoms with Crippen LogP contribution < -0.4 is 5.32 Å². The highest BCUT2D eigenvalue weighted by atomic mass is 79.9. The first-order valence-corrected chi connectivity index (χ1v) is 11.7. The highest BCUT2D eigenvalue weighted by molar-refractivity contribution is 9.10. The number of rotatable bonds is 5. The van der Waals surface area contributed by atoms with Gasteiger partial charge < -0.3 is 0 Å². The van der Waals surface area contributed by atoms with Crippen LogP contribution in [0.25, 0.3) is 0 Å². The Morgan fingerprint density at radius 3 is 2.44 bits per heavy atom. The van der Waals surface area contributed by atoms with E-state index in [2.05, 4.69) is 38.3 Å². The Morgan fingerprint density at radius 2 is 1.81 bits per heavy atom. The normalized spacial score (nSPS) is 22.2. The second kappa shape index (κ2) is 10.3. The van der Waals surface area contributed by atoms with Gasteiger partial charge in [0.25, 0.3) is 5.24 Å². The Labute approximate surface area is 202 Å². The van der Waals surface area contributed by atoms with Crippen molar-refractivity contribution in [1.29, 1.82) is 0 Å². The van der Waals surface area contributed by atoms with Crippen LogP contribution in [0.15, 0.2) is 53.0 Å². The maximum absolute atomic E-state index is 13.2. The van der Waals surface area contributed by atoms with Crippen molar-refractivity contribution in [3.8, 4) is 0 Å². The predicted molar refractivity (Wildman–Crippen MR) is 130 cm³/mol. The maximum Gasteiger partial charge on any atom is 0.252 e. The molecule has 2 saturated heterocycles. The summed E-state index contributed by atoms with van der Waals surface area (Å²) in [7, 11) is 0. The maximum atomic E-state index is 13.2. The fourth-order valence-corrected chi connectivity index (χ4v) is 5.36. The fraction of sp³-hybridized carbons (Fsp3) is 0.400. The first-order valence-electron chi connectivity index (χ1n) is 10.5. The van der Waals surface area contributed by atoms with Crippen molar-refractivity contribution in [3.63, 3.8) is 0 Å². The van der Waals surface area contributed by atoms with Crippen LogP contribution in [-0.2, 0) is 21.5 Å². The molecule has 2 aromatic carbocycles. The monoisotopic (exact) mass is 518 g/mol. The van der Waals surface area contributed by atoms with Gasteiger partial charge in [-0.15, -0.1) is 0 Å². The standard InChI is InChI=1S/C24H24BrClN2O3.CH4/c25-20-6-4-16(5-7-20)15-28-12-9-18(10-13-28)24(11-8-21(29)27-23(24)31)19-3-1-2-17(14-19)22(26)30;/h1-7,14,18H,8-13,15H2,(H,27,29,31);1H4. The SMILES string of the molecule is C.O=C1CCC(c2cccc(C(=O)Cl)c2)(C2CCN(Cc3ccc(Br)cc3)CC2)C(=O)N1. The Kier molecular flexibility index (Phi) is 7.91. The van der Waals surface area contributed by atoms with E-state index in [9.17, 15) is 14.4 Å². The van der Waals surface area contributed by atoms with Crippen LogP contribution in [-0.4, -0.2) is 35.0 Å². The first-order chi connectivity index (χ1) is 14.9. The molecule has 2 fully saturated rings. The van der Waals surface area contributed by atoms with E-state index in [0.717, 1.165) is 42.5 Å². The molecule has 0 aromatic heterocycles. The summed E-state index contributed by atoms with van der Waals surface area (Å²) >= 11 is 9.18. The van der Waals surface area contributed by atoms with E-state index in [1.54, 1.807) is 18.2 Å². The van der Waals surface area contributed by atoms with Crippen LogP contribution in [0.2, 0.25) is 0 Å². The second-order valence-corrected chi connectivity index (χ2v) is 9.64. The van der Waals surface area contributed by atoms with E-state index in [1.165, 1.54) is 5.56 Å². The Bertz CT molecular complexity index is 1000. The molecule has 2 aliphatic rings. The molecule has 0 bridgehead atoms. The van der Waals surface area contributed by atoms with Gasteiger partial charge in [-0.2, -0.15) is 0 Å². The van der Waals surface area contributed by atoms with Gasteiger partial charge >= 0.3 is 0 Å². The largest absolute Gasteiger partial charge is 0.299 e. The highest BCUT2D eigenvalue weighted by Crippen LogP contribution is 2.44. The quantitative estimate of drug-likeness (QED) is 0.443. The third-order valence-electron chi connectivity index (χ3n) is 6.61. The van der Waals surface area contributed by atoms with Gasteiger partial charge in [0.05, 0.1) is 5.41 Å². The van der Waals surface area contributed by atoms with Crippen LogP contribution >= 0.6 is 27.5 Å². The lowest BCUT2D eigenvalue weighted by molar-refractivity contribution is -0.140. The van der Waals surface area contributed by atoms with Gasteiger partial charge in [-0.25, -0.2) is 0 Å². The summed E-state index contributed by atoms with van der Waals surface area (Å²) in [6.45, 7) is 2.61. The lowest BCUT2D eigenvalue weighted by Gasteiger charge is -2.45. The van der Waals surface area contributed by atoms with Gasteiger partial charge in [-0.1, -0.05) is 53.7 Å². The minimum atomic E-state index is -0.819. The summed E-state index contributed by atoms with van der Waals surface area (Å²) in [4.78, 5) is 39.3. The molecule has 1 atom stereocenters. The highest BCUT2D eigenvalue weighted by Gasteiger charge is 2.50. The molecule has 1 unspecified atom stereocenters. The topological polar surface area (TPSA) is 66.5 Å². The summed E-state index contributed by atoms with van der Waals surface area (Å²) in [5.74, 6) is -0.408. The van der Waals surface area contributed by atoms with E-state index in [0.29, 0.717) is 18.4 Å². The fourth-order valence-electron chi connectivity index (χ4n) is 4.98. The predicted octanol–water partition coefficient (Wildman–Crippen LogP) is 5.05. The molecule has 32 heavy (non-hydrogen) atoms. The second-order valence-electron chi connectivity index (χ2n) is 8.38. The number of hydrogen-bond acceptors (Lipinski definition) is 4. The van der Waals surface area contributed by atoms with Crippen molar-refractivity contribution in [2.45, 2.75) is 45.1 Å². The number of amides is 2. The number of hydrogen-bond donors (Lipinski definition) is 1. The molecule has 4 rings (SSSR count).